The van der Waals surface area contributed by atoms with Crippen LogP contribution in [0.4, 0.5) is 4.39 Å². The van der Waals surface area contributed by atoms with E-state index in [0.717, 1.165) is 19.6 Å². The number of hydrogen-bond donors (Lipinski definition) is 0. The summed E-state index contributed by atoms with van der Waals surface area (Å²) in [5.41, 5.74) is 0. The second-order valence-electron chi connectivity index (χ2n) is 4.06. The fourth-order valence-electron chi connectivity index (χ4n) is 1.94. The average Bonchev–Trinajstić information content (AvgIpc) is 2.78. The molecule has 16 heavy (non-hydrogen) atoms. The molecule has 1 fully saturated rings. The SMILES string of the molecule is O=S(CCN1CCCC1)c1cccc(F)c1. The van der Waals surface area contributed by atoms with Gasteiger partial charge in [0, 0.05) is 17.2 Å². The molecule has 0 N–H and O–H groups in total. The monoisotopic (exact) mass is 241 g/mol. The number of nitrogens with zero attached hydrogens (tertiary/aromatic N) is 1. The highest BCUT2D eigenvalue weighted by Crippen LogP contribution is 2.11. The van der Waals surface area contributed by atoms with Gasteiger partial charge in [-0.2, -0.15) is 0 Å². The lowest BCUT2D eigenvalue weighted by Gasteiger charge is -2.13. The van der Waals surface area contributed by atoms with Crippen molar-refractivity contribution in [3.63, 3.8) is 0 Å². The molecule has 0 radical (unpaired) electrons. The molecule has 1 saturated heterocycles. The number of rotatable bonds is 4. The summed E-state index contributed by atoms with van der Waals surface area (Å²) in [6.45, 7) is 3.07. The van der Waals surface area contributed by atoms with Crippen molar-refractivity contribution in [3.05, 3.63) is 30.1 Å². The molecule has 4 heteroatoms. The lowest BCUT2D eigenvalue weighted by Crippen LogP contribution is -2.24. The molecule has 1 aromatic rings. The molecular formula is C12H16FNOS. The van der Waals surface area contributed by atoms with Crippen LogP contribution in [0.1, 0.15) is 12.8 Å². The Kier molecular flexibility index (Phi) is 4.07. The van der Waals surface area contributed by atoms with E-state index in [9.17, 15) is 8.60 Å². The van der Waals surface area contributed by atoms with E-state index in [1.165, 1.54) is 25.0 Å². The van der Waals surface area contributed by atoms with Crippen LogP contribution in [0.15, 0.2) is 29.2 Å². The van der Waals surface area contributed by atoms with Crippen LogP contribution in [0.25, 0.3) is 0 Å². The highest BCUT2D eigenvalue weighted by Gasteiger charge is 2.13. The zero-order valence-corrected chi connectivity index (χ0v) is 10.0. The largest absolute Gasteiger partial charge is 0.302 e. The molecule has 0 aromatic heterocycles. The van der Waals surface area contributed by atoms with Crippen LogP contribution in [-0.2, 0) is 10.8 Å². The van der Waals surface area contributed by atoms with Gasteiger partial charge in [-0.05, 0) is 44.1 Å². The first-order chi connectivity index (χ1) is 7.75. The molecule has 1 heterocycles. The first-order valence-electron chi connectivity index (χ1n) is 5.62. The topological polar surface area (TPSA) is 20.3 Å². The summed E-state index contributed by atoms with van der Waals surface area (Å²) in [5, 5.41) is 0. The molecule has 0 amide bonds. The predicted molar refractivity (Wildman–Crippen MR) is 63.3 cm³/mol. The van der Waals surface area contributed by atoms with Gasteiger partial charge >= 0.3 is 0 Å². The van der Waals surface area contributed by atoms with E-state index in [4.69, 9.17) is 0 Å². The molecule has 1 unspecified atom stereocenters. The fraction of sp³-hybridized carbons (Fsp3) is 0.500. The van der Waals surface area contributed by atoms with E-state index in [-0.39, 0.29) is 5.82 Å². The Balaban J connectivity index is 1.87. The Morgan fingerprint density at radius 2 is 2.06 bits per heavy atom. The van der Waals surface area contributed by atoms with Gasteiger partial charge in [-0.25, -0.2) is 4.39 Å². The molecule has 0 saturated carbocycles. The molecule has 88 valence electrons. The van der Waals surface area contributed by atoms with Crippen molar-refractivity contribution in [2.75, 3.05) is 25.4 Å². The molecular weight excluding hydrogens is 225 g/mol. The maximum absolute atomic E-state index is 12.9. The second kappa shape index (κ2) is 5.55. The van der Waals surface area contributed by atoms with Crippen molar-refractivity contribution in [2.45, 2.75) is 17.7 Å². The lowest BCUT2D eigenvalue weighted by atomic mass is 10.4. The number of benzene rings is 1. The van der Waals surface area contributed by atoms with Gasteiger partial charge in [-0.1, -0.05) is 6.07 Å². The summed E-state index contributed by atoms with van der Waals surface area (Å²) in [4.78, 5) is 2.91. The minimum atomic E-state index is -1.07. The van der Waals surface area contributed by atoms with Crippen LogP contribution in [0, 0.1) is 5.82 Å². The lowest BCUT2D eigenvalue weighted by molar-refractivity contribution is 0.361. The van der Waals surface area contributed by atoms with E-state index in [0.29, 0.717) is 10.6 Å². The van der Waals surface area contributed by atoms with Crippen LogP contribution >= 0.6 is 0 Å². The summed E-state index contributed by atoms with van der Waals surface area (Å²) >= 11 is 0. The van der Waals surface area contributed by atoms with Crippen molar-refractivity contribution in [3.8, 4) is 0 Å². The van der Waals surface area contributed by atoms with E-state index in [1.54, 1.807) is 12.1 Å². The molecule has 1 aromatic carbocycles. The molecule has 0 aliphatic carbocycles. The van der Waals surface area contributed by atoms with Gasteiger partial charge in [0.05, 0.1) is 10.8 Å². The first-order valence-corrected chi connectivity index (χ1v) is 6.94. The van der Waals surface area contributed by atoms with Crippen LogP contribution in [0.3, 0.4) is 0 Å². The summed E-state index contributed by atoms with van der Waals surface area (Å²) in [6.07, 6.45) is 2.49. The summed E-state index contributed by atoms with van der Waals surface area (Å²) in [7, 11) is -1.07. The van der Waals surface area contributed by atoms with Crippen molar-refractivity contribution in [2.24, 2.45) is 0 Å². The summed E-state index contributed by atoms with van der Waals surface area (Å²) in [6, 6.07) is 6.07. The second-order valence-corrected chi connectivity index (χ2v) is 5.63. The van der Waals surface area contributed by atoms with Crippen LogP contribution in [0.2, 0.25) is 0 Å². The van der Waals surface area contributed by atoms with Gasteiger partial charge in [0.25, 0.3) is 0 Å². The molecule has 1 atom stereocenters. The van der Waals surface area contributed by atoms with Gasteiger partial charge in [0.2, 0.25) is 0 Å². The zero-order chi connectivity index (χ0) is 11.4. The molecule has 1 aliphatic heterocycles. The summed E-state index contributed by atoms with van der Waals surface area (Å²) in [5.74, 6) is 0.288. The third kappa shape index (κ3) is 3.12. The maximum Gasteiger partial charge on any atom is 0.124 e. The molecule has 0 spiro atoms. The van der Waals surface area contributed by atoms with Crippen LogP contribution in [0.5, 0.6) is 0 Å². The molecule has 0 bridgehead atoms. The first kappa shape index (κ1) is 11.7. The minimum absolute atomic E-state index is 0.313. The maximum atomic E-state index is 12.9. The van der Waals surface area contributed by atoms with Gasteiger partial charge in [-0.3, -0.25) is 4.21 Å². The Morgan fingerprint density at radius 3 is 2.75 bits per heavy atom. The average molecular weight is 241 g/mol. The van der Waals surface area contributed by atoms with Gasteiger partial charge in [-0.15, -0.1) is 0 Å². The third-order valence-corrected chi connectivity index (χ3v) is 4.18. The normalized spacial score (nSPS) is 18.8. The molecule has 1 aliphatic rings. The van der Waals surface area contributed by atoms with Crippen molar-refractivity contribution >= 4 is 10.8 Å². The number of likely N-dealkylation sites (tertiary alicyclic amines) is 1. The minimum Gasteiger partial charge on any atom is -0.302 e. The van der Waals surface area contributed by atoms with Crippen LogP contribution < -0.4 is 0 Å². The number of halogens is 1. The molecule has 2 rings (SSSR count). The quantitative estimate of drug-likeness (QED) is 0.804. The van der Waals surface area contributed by atoms with E-state index in [1.807, 2.05) is 0 Å². The Morgan fingerprint density at radius 1 is 1.31 bits per heavy atom. The predicted octanol–water partition coefficient (Wildman–Crippen LogP) is 2.03. The standard InChI is InChI=1S/C12H16FNOS/c13-11-4-3-5-12(10-11)16(15)9-8-14-6-1-2-7-14/h3-5,10H,1-2,6-9H2. The Labute approximate surface area is 97.9 Å². The zero-order valence-electron chi connectivity index (χ0n) is 9.19. The van der Waals surface area contributed by atoms with E-state index >= 15 is 0 Å². The number of hydrogen-bond acceptors (Lipinski definition) is 2. The van der Waals surface area contributed by atoms with Gasteiger partial charge in [0.1, 0.15) is 5.82 Å². The van der Waals surface area contributed by atoms with Crippen LogP contribution in [-0.4, -0.2) is 34.5 Å². The fourth-order valence-corrected chi connectivity index (χ4v) is 3.08. The van der Waals surface area contributed by atoms with Crippen molar-refractivity contribution < 1.29 is 8.60 Å². The molecule has 2 nitrogen and oxygen atoms in total. The van der Waals surface area contributed by atoms with Crippen molar-refractivity contribution in [1.29, 1.82) is 0 Å². The Bertz CT molecular complexity index is 377. The van der Waals surface area contributed by atoms with Crippen molar-refractivity contribution in [1.82, 2.24) is 4.90 Å². The van der Waals surface area contributed by atoms with E-state index < -0.39 is 10.8 Å². The van der Waals surface area contributed by atoms with Gasteiger partial charge < -0.3 is 4.90 Å². The Hall–Kier alpha value is -0.740. The highest BCUT2D eigenvalue weighted by molar-refractivity contribution is 7.85. The van der Waals surface area contributed by atoms with E-state index in [2.05, 4.69) is 4.90 Å². The smallest absolute Gasteiger partial charge is 0.124 e. The third-order valence-electron chi connectivity index (χ3n) is 2.85. The van der Waals surface area contributed by atoms with Gasteiger partial charge in [0.15, 0.2) is 0 Å². The highest BCUT2D eigenvalue weighted by atomic mass is 32.2. The summed E-state index contributed by atoms with van der Waals surface area (Å²) < 4.78 is 24.8.